The standard InChI is InChI=1S/C10H16N4O.2ClH/c1-7-4-10(13-6-12-7)14-3-2-8(15)5-9(14)11;;/h4,6,8-9,15H,2-3,5,11H2,1H3;2*1H. The summed E-state index contributed by atoms with van der Waals surface area (Å²) in [6.45, 7) is 2.67. The number of aliphatic hydroxyl groups excluding tert-OH is 1. The van der Waals surface area contributed by atoms with Gasteiger partial charge in [-0.25, -0.2) is 9.97 Å². The molecule has 0 aliphatic carbocycles. The maximum absolute atomic E-state index is 9.46. The minimum absolute atomic E-state index is 0. The van der Waals surface area contributed by atoms with Crippen molar-refractivity contribution >= 4 is 30.6 Å². The first-order chi connectivity index (χ1) is 7.16. The molecule has 1 aromatic heterocycles. The number of rotatable bonds is 1. The Kier molecular flexibility index (Phi) is 6.70. The zero-order valence-corrected chi connectivity index (χ0v) is 11.2. The normalized spacial score (nSPS) is 23.6. The Labute approximate surface area is 113 Å². The van der Waals surface area contributed by atoms with E-state index in [0.717, 1.165) is 24.5 Å². The van der Waals surface area contributed by atoms with Gasteiger partial charge in [0.05, 0.1) is 12.3 Å². The molecule has 1 fully saturated rings. The van der Waals surface area contributed by atoms with Crippen molar-refractivity contribution in [2.45, 2.75) is 32.0 Å². The summed E-state index contributed by atoms with van der Waals surface area (Å²) >= 11 is 0. The van der Waals surface area contributed by atoms with Gasteiger partial charge in [0.15, 0.2) is 0 Å². The van der Waals surface area contributed by atoms with Gasteiger partial charge in [0.25, 0.3) is 0 Å². The van der Waals surface area contributed by atoms with E-state index < -0.39 is 0 Å². The summed E-state index contributed by atoms with van der Waals surface area (Å²) in [4.78, 5) is 10.3. The van der Waals surface area contributed by atoms with Crippen molar-refractivity contribution in [2.75, 3.05) is 11.4 Å². The van der Waals surface area contributed by atoms with Crippen LogP contribution in [0.1, 0.15) is 18.5 Å². The molecular formula is C10H18Cl2N4O. The van der Waals surface area contributed by atoms with Crippen molar-refractivity contribution in [2.24, 2.45) is 5.73 Å². The molecule has 2 rings (SSSR count). The van der Waals surface area contributed by atoms with Crippen LogP contribution < -0.4 is 10.6 Å². The van der Waals surface area contributed by atoms with E-state index in [1.165, 1.54) is 0 Å². The molecule has 0 amide bonds. The molecule has 7 heteroatoms. The second-order valence-corrected chi connectivity index (χ2v) is 3.96. The second kappa shape index (κ2) is 6.96. The van der Waals surface area contributed by atoms with Gasteiger partial charge in [-0.1, -0.05) is 0 Å². The summed E-state index contributed by atoms with van der Waals surface area (Å²) in [5.74, 6) is 0.849. The summed E-state index contributed by atoms with van der Waals surface area (Å²) in [5.41, 5.74) is 6.89. The van der Waals surface area contributed by atoms with Crippen LogP contribution in [-0.4, -0.2) is 33.9 Å². The smallest absolute Gasteiger partial charge is 0.133 e. The monoisotopic (exact) mass is 280 g/mol. The zero-order valence-electron chi connectivity index (χ0n) is 9.61. The molecule has 1 aromatic rings. The molecule has 0 saturated carbocycles. The summed E-state index contributed by atoms with van der Waals surface area (Å²) in [7, 11) is 0. The van der Waals surface area contributed by atoms with Crippen LogP contribution in [0.4, 0.5) is 5.82 Å². The fourth-order valence-corrected chi connectivity index (χ4v) is 1.86. The third kappa shape index (κ3) is 3.96. The van der Waals surface area contributed by atoms with Crippen LogP contribution in [0.5, 0.6) is 0 Å². The third-order valence-electron chi connectivity index (χ3n) is 2.70. The minimum Gasteiger partial charge on any atom is -0.393 e. The number of piperidine rings is 1. The third-order valence-corrected chi connectivity index (χ3v) is 2.70. The number of hydrogen-bond acceptors (Lipinski definition) is 5. The first kappa shape index (κ1) is 16.4. The van der Waals surface area contributed by atoms with Crippen LogP contribution in [0.2, 0.25) is 0 Å². The molecule has 2 unspecified atom stereocenters. The maximum Gasteiger partial charge on any atom is 0.133 e. The van der Waals surface area contributed by atoms with Gasteiger partial charge in [-0.2, -0.15) is 0 Å². The fraction of sp³-hybridized carbons (Fsp3) is 0.600. The molecule has 1 saturated heterocycles. The Morgan fingerprint density at radius 1 is 1.41 bits per heavy atom. The van der Waals surface area contributed by atoms with Crippen molar-refractivity contribution in [1.82, 2.24) is 9.97 Å². The lowest BCUT2D eigenvalue weighted by Gasteiger charge is -2.36. The molecular weight excluding hydrogens is 263 g/mol. The molecule has 1 aliphatic heterocycles. The van der Waals surface area contributed by atoms with E-state index in [1.54, 1.807) is 6.33 Å². The van der Waals surface area contributed by atoms with Crippen molar-refractivity contribution < 1.29 is 5.11 Å². The van der Waals surface area contributed by atoms with E-state index in [2.05, 4.69) is 9.97 Å². The van der Waals surface area contributed by atoms with Gasteiger partial charge in [0.2, 0.25) is 0 Å². The summed E-state index contributed by atoms with van der Waals surface area (Å²) in [6.07, 6.45) is 2.46. The average Bonchev–Trinajstić information content (AvgIpc) is 2.17. The van der Waals surface area contributed by atoms with E-state index in [0.29, 0.717) is 6.42 Å². The summed E-state index contributed by atoms with van der Waals surface area (Å²) in [6, 6.07) is 1.91. The second-order valence-electron chi connectivity index (χ2n) is 3.96. The fourth-order valence-electron chi connectivity index (χ4n) is 1.86. The van der Waals surface area contributed by atoms with Gasteiger partial charge >= 0.3 is 0 Å². The number of halogens is 2. The molecule has 0 spiro atoms. The first-order valence-electron chi connectivity index (χ1n) is 5.16. The predicted molar refractivity (Wildman–Crippen MR) is 71.8 cm³/mol. The number of nitrogens with two attached hydrogens (primary N) is 1. The van der Waals surface area contributed by atoms with Crippen LogP contribution in [0.15, 0.2) is 12.4 Å². The number of aromatic nitrogens is 2. The number of anilines is 1. The molecule has 1 aliphatic rings. The van der Waals surface area contributed by atoms with Gasteiger partial charge in [-0.3, -0.25) is 0 Å². The van der Waals surface area contributed by atoms with Gasteiger partial charge in [-0.15, -0.1) is 24.8 Å². The number of aryl methyl sites for hydroxylation is 1. The van der Waals surface area contributed by atoms with Crippen molar-refractivity contribution in [3.8, 4) is 0 Å². The number of aliphatic hydroxyl groups is 1. The van der Waals surface area contributed by atoms with Crippen molar-refractivity contribution in [3.63, 3.8) is 0 Å². The summed E-state index contributed by atoms with van der Waals surface area (Å²) < 4.78 is 0. The lowest BCUT2D eigenvalue weighted by molar-refractivity contribution is 0.129. The number of nitrogens with zero attached hydrogens (tertiary/aromatic N) is 3. The first-order valence-corrected chi connectivity index (χ1v) is 5.16. The lowest BCUT2D eigenvalue weighted by atomic mass is 10.1. The Morgan fingerprint density at radius 2 is 2.12 bits per heavy atom. The van der Waals surface area contributed by atoms with Crippen molar-refractivity contribution in [1.29, 1.82) is 0 Å². The minimum atomic E-state index is -0.279. The SMILES string of the molecule is Cc1cc(N2CCC(O)CC2N)ncn1.Cl.Cl. The van der Waals surface area contributed by atoms with Crippen LogP contribution in [0.3, 0.4) is 0 Å². The van der Waals surface area contributed by atoms with Gasteiger partial charge in [0.1, 0.15) is 12.1 Å². The lowest BCUT2D eigenvalue weighted by Crippen LogP contribution is -2.50. The molecule has 2 heterocycles. The van der Waals surface area contributed by atoms with Crippen molar-refractivity contribution in [3.05, 3.63) is 18.1 Å². The highest BCUT2D eigenvalue weighted by Crippen LogP contribution is 2.20. The van der Waals surface area contributed by atoms with Gasteiger partial charge < -0.3 is 15.7 Å². The van der Waals surface area contributed by atoms with E-state index in [9.17, 15) is 5.11 Å². The highest BCUT2D eigenvalue weighted by atomic mass is 35.5. The molecule has 5 nitrogen and oxygen atoms in total. The van der Waals surface area contributed by atoms with Crippen LogP contribution in [-0.2, 0) is 0 Å². The van der Waals surface area contributed by atoms with Gasteiger partial charge in [0, 0.05) is 24.7 Å². The molecule has 0 aromatic carbocycles. The molecule has 0 bridgehead atoms. The Morgan fingerprint density at radius 3 is 2.71 bits per heavy atom. The Bertz CT molecular complexity index is 353. The quantitative estimate of drug-likeness (QED) is 0.799. The topological polar surface area (TPSA) is 75.3 Å². The van der Waals surface area contributed by atoms with E-state index in [-0.39, 0.29) is 37.1 Å². The molecule has 2 atom stereocenters. The average molecular weight is 281 g/mol. The molecule has 98 valence electrons. The molecule has 17 heavy (non-hydrogen) atoms. The van der Waals surface area contributed by atoms with E-state index >= 15 is 0 Å². The largest absolute Gasteiger partial charge is 0.393 e. The van der Waals surface area contributed by atoms with E-state index in [1.807, 2.05) is 17.9 Å². The Balaban J connectivity index is 0.00000128. The predicted octanol–water partition coefficient (Wildman–Crippen LogP) is 0.875. The molecule has 3 N–H and O–H groups in total. The molecule has 0 radical (unpaired) electrons. The maximum atomic E-state index is 9.46. The van der Waals surface area contributed by atoms with E-state index in [4.69, 9.17) is 5.73 Å². The number of hydrogen-bond donors (Lipinski definition) is 2. The zero-order chi connectivity index (χ0) is 10.8. The van der Waals surface area contributed by atoms with Crippen LogP contribution in [0, 0.1) is 6.92 Å². The van der Waals surface area contributed by atoms with Crippen LogP contribution in [0.25, 0.3) is 0 Å². The highest BCUT2D eigenvalue weighted by molar-refractivity contribution is 5.85. The summed E-state index contributed by atoms with van der Waals surface area (Å²) in [5, 5.41) is 9.46. The highest BCUT2D eigenvalue weighted by Gasteiger charge is 2.25. The van der Waals surface area contributed by atoms with Gasteiger partial charge in [-0.05, 0) is 13.3 Å². The van der Waals surface area contributed by atoms with Crippen LogP contribution >= 0.6 is 24.8 Å². The Hall–Kier alpha value is -0.620.